The van der Waals surface area contributed by atoms with E-state index >= 15 is 0 Å². The van der Waals surface area contributed by atoms with Gasteiger partial charge in [-0.05, 0) is 43.7 Å². The van der Waals surface area contributed by atoms with Crippen molar-refractivity contribution in [3.63, 3.8) is 0 Å². The lowest BCUT2D eigenvalue weighted by Gasteiger charge is -2.09. The molecular weight excluding hydrogens is 206 g/mol. The van der Waals surface area contributed by atoms with Crippen LogP contribution < -0.4 is 10.1 Å². The van der Waals surface area contributed by atoms with E-state index in [1.807, 2.05) is 23.9 Å². The summed E-state index contributed by atoms with van der Waals surface area (Å²) in [5, 5.41) is 3.50. The number of nitrogens with one attached hydrogen (secondary N) is 1. The molecule has 1 N–H and O–H groups in total. The van der Waals surface area contributed by atoms with Gasteiger partial charge in [0, 0.05) is 16.7 Å². The van der Waals surface area contributed by atoms with Crippen molar-refractivity contribution in [1.82, 2.24) is 5.32 Å². The second-order valence-corrected chi connectivity index (χ2v) is 4.87. The van der Waals surface area contributed by atoms with Crippen LogP contribution in [0, 0.1) is 0 Å². The van der Waals surface area contributed by atoms with Crippen molar-refractivity contribution in [2.75, 3.05) is 19.4 Å². The van der Waals surface area contributed by atoms with Gasteiger partial charge in [0.25, 0.3) is 0 Å². The van der Waals surface area contributed by atoms with Gasteiger partial charge in [0.15, 0.2) is 0 Å². The lowest BCUT2D eigenvalue weighted by atomic mass is 10.3. The van der Waals surface area contributed by atoms with E-state index in [1.54, 1.807) is 7.11 Å². The standard InChI is InChI=1S/C12H17NOS/c1-14-11-4-6-12(7-5-11)15-9-10-3-2-8-13-10/h4-7,10,13H,2-3,8-9H2,1H3/t10-/m0/s1. The van der Waals surface area contributed by atoms with Crippen LogP contribution in [0.25, 0.3) is 0 Å². The summed E-state index contributed by atoms with van der Waals surface area (Å²) < 4.78 is 5.13. The summed E-state index contributed by atoms with van der Waals surface area (Å²) in [6.45, 7) is 1.19. The van der Waals surface area contributed by atoms with Crippen molar-refractivity contribution in [3.05, 3.63) is 24.3 Å². The Balaban J connectivity index is 1.82. The molecule has 0 spiro atoms. The molecule has 1 aromatic rings. The highest BCUT2D eigenvalue weighted by Crippen LogP contribution is 2.23. The molecule has 0 radical (unpaired) electrons. The number of methoxy groups -OCH3 is 1. The van der Waals surface area contributed by atoms with E-state index in [0.29, 0.717) is 6.04 Å². The highest BCUT2D eigenvalue weighted by atomic mass is 32.2. The van der Waals surface area contributed by atoms with Crippen LogP contribution >= 0.6 is 11.8 Å². The van der Waals surface area contributed by atoms with Gasteiger partial charge in [0.2, 0.25) is 0 Å². The van der Waals surface area contributed by atoms with Crippen LogP contribution in [0.4, 0.5) is 0 Å². The summed E-state index contributed by atoms with van der Waals surface area (Å²) in [6, 6.07) is 8.99. The van der Waals surface area contributed by atoms with Crippen molar-refractivity contribution in [3.8, 4) is 5.75 Å². The fourth-order valence-electron chi connectivity index (χ4n) is 1.77. The molecule has 2 nitrogen and oxygen atoms in total. The summed E-state index contributed by atoms with van der Waals surface area (Å²) in [7, 11) is 1.70. The third kappa shape index (κ3) is 3.14. The molecule has 0 bridgehead atoms. The zero-order valence-electron chi connectivity index (χ0n) is 9.03. The maximum absolute atomic E-state index is 5.13. The van der Waals surface area contributed by atoms with Gasteiger partial charge in [-0.2, -0.15) is 0 Å². The molecule has 0 aromatic heterocycles. The predicted octanol–water partition coefficient (Wildman–Crippen LogP) is 2.54. The summed E-state index contributed by atoms with van der Waals surface area (Å²) in [5.41, 5.74) is 0. The van der Waals surface area contributed by atoms with E-state index in [1.165, 1.54) is 30.0 Å². The van der Waals surface area contributed by atoms with Gasteiger partial charge in [0.05, 0.1) is 7.11 Å². The zero-order chi connectivity index (χ0) is 10.5. The molecule has 0 aliphatic carbocycles. The van der Waals surface area contributed by atoms with Crippen molar-refractivity contribution in [1.29, 1.82) is 0 Å². The maximum atomic E-state index is 5.13. The molecular formula is C12H17NOS. The highest BCUT2D eigenvalue weighted by molar-refractivity contribution is 7.99. The van der Waals surface area contributed by atoms with E-state index in [-0.39, 0.29) is 0 Å². The number of thioether (sulfide) groups is 1. The fraction of sp³-hybridized carbons (Fsp3) is 0.500. The Morgan fingerprint density at radius 2 is 2.20 bits per heavy atom. The lowest BCUT2D eigenvalue weighted by Crippen LogP contribution is -2.23. The molecule has 0 saturated carbocycles. The average molecular weight is 223 g/mol. The Kier molecular flexibility index (Phi) is 3.92. The topological polar surface area (TPSA) is 21.3 Å². The molecule has 1 aliphatic rings. The monoisotopic (exact) mass is 223 g/mol. The first-order chi connectivity index (χ1) is 7.38. The molecule has 82 valence electrons. The Morgan fingerprint density at radius 3 is 2.80 bits per heavy atom. The Bertz CT molecular complexity index is 293. The number of ether oxygens (including phenoxy) is 1. The van der Waals surface area contributed by atoms with Crippen LogP contribution in [0.15, 0.2) is 29.2 Å². The van der Waals surface area contributed by atoms with E-state index in [0.717, 1.165) is 5.75 Å². The number of hydrogen-bond acceptors (Lipinski definition) is 3. The SMILES string of the molecule is COc1ccc(SC[C@@H]2CCCN2)cc1. The van der Waals surface area contributed by atoms with Crippen LogP contribution in [0.3, 0.4) is 0 Å². The third-order valence-corrected chi connectivity index (χ3v) is 3.85. The molecule has 2 rings (SSSR count). The average Bonchev–Trinajstić information content (AvgIpc) is 2.80. The summed E-state index contributed by atoms with van der Waals surface area (Å²) in [5.74, 6) is 2.10. The summed E-state index contributed by atoms with van der Waals surface area (Å²) in [6.07, 6.45) is 2.65. The normalized spacial score (nSPS) is 20.5. The Labute approximate surface area is 95.4 Å². The van der Waals surface area contributed by atoms with Crippen LogP contribution in [0.2, 0.25) is 0 Å². The minimum absolute atomic E-state index is 0.706. The zero-order valence-corrected chi connectivity index (χ0v) is 9.85. The number of hydrogen-bond donors (Lipinski definition) is 1. The molecule has 3 heteroatoms. The molecule has 1 aliphatic heterocycles. The van der Waals surface area contributed by atoms with Crippen molar-refractivity contribution < 1.29 is 4.74 Å². The summed E-state index contributed by atoms with van der Waals surface area (Å²) in [4.78, 5) is 1.32. The van der Waals surface area contributed by atoms with Crippen molar-refractivity contribution >= 4 is 11.8 Å². The minimum Gasteiger partial charge on any atom is -0.497 e. The molecule has 1 saturated heterocycles. The quantitative estimate of drug-likeness (QED) is 0.793. The van der Waals surface area contributed by atoms with Crippen molar-refractivity contribution in [2.45, 2.75) is 23.8 Å². The van der Waals surface area contributed by atoms with E-state index in [4.69, 9.17) is 4.74 Å². The van der Waals surface area contributed by atoms with Crippen LogP contribution in [0.5, 0.6) is 5.75 Å². The number of benzene rings is 1. The van der Waals surface area contributed by atoms with Gasteiger partial charge < -0.3 is 10.1 Å². The van der Waals surface area contributed by atoms with E-state index in [9.17, 15) is 0 Å². The second-order valence-electron chi connectivity index (χ2n) is 3.78. The van der Waals surface area contributed by atoms with Gasteiger partial charge >= 0.3 is 0 Å². The van der Waals surface area contributed by atoms with E-state index < -0.39 is 0 Å². The predicted molar refractivity (Wildman–Crippen MR) is 64.7 cm³/mol. The second kappa shape index (κ2) is 5.42. The van der Waals surface area contributed by atoms with Gasteiger partial charge in [-0.15, -0.1) is 11.8 Å². The molecule has 0 unspecified atom stereocenters. The Morgan fingerprint density at radius 1 is 1.40 bits per heavy atom. The first-order valence-corrected chi connectivity index (χ1v) is 6.37. The fourth-order valence-corrected chi connectivity index (χ4v) is 2.77. The first kappa shape index (κ1) is 10.8. The van der Waals surface area contributed by atoms with Crippen LogP contribution in [-0.4, -0.2) is 25.4 Å². The van der Waals surface area contributed by atoms with E-state index in [2.05, 4.69) is 17.4 Å². The van der Waals surface area contributed by atoms with Crippen LogP contribution in [-0.2, 0) is 0 Å². The van der Waals surface area contributed by atoms with Gasteiger partial charge in [-0.3, -0.25) is 0 Å². The van der Waals surface area contributed by atoms with Gasteiger partial charge in [-0.1, -0.05) is 0 Å². The van der Waals surface area contributed by atoms with Gasteiger partial charge in [-0.25, -0.2) is 0 Å². The summed E-state index contributed by atoms with van der Waals surface area (Å²) >= 11 is 1.92. The smallest absolute Gasteiger partial charge is 0.118 e. The largest absolute Gasteiger partial charge is 0.497 e. The molecule has 1 atom stereocenters. The Hall–Kier alpha value is -0.670. The first-order valence-electron chi connectivity index (χ1n) is 5.39. The van der Waals surface area contributed by atoms with Crippen molar-refractivity contribution in [2.24, 2.45) is 0 Å². The van der Waals surface area contributed by atoms with Crippen LogP contribution in [0.1, 0.15) is 12.8 Å². The third-order valence-electron chi connectivity index (χ3n) is 2.67. The molecule has 15 heavy (non-hydrogen) atoms. The highest BCUT2D eigenvalue weighted by Gasteiger charge is 2.13. The molecule has 1 fully saturated rings. The molecule has 0 amide bonds. The maximum Gasteiger partial charge on any atom is 0.118 e. The molecule has 1 heterocycles. The number of rotatable bonds is 4. The molecule has 1 aromatic carbocycles. The lowest BCUT2D eigenvalue weighted by molar-refractivity contribution is 0.414. The van der Waals surface area contributed by atoms with Gasteiger partial charge in [0.1, 0.15) is 5.75 Å². The minimum atomic E-state index is 0.706.